The van der Waals surface area contributed by atoms with E-state index in [2.05, 4.69) is 55.8 Å². The van der Waals surface area contributed by atoms with Crippen LogP contribution in [0.25, 0.3) is 0 Å². The molecule has 0 bridgehead atoms. The molecular weight excluding hydrogens is 348 g/mol. The summed E-state index contributed by atoms with van der Waals surface area (Å²) in [5.74, 6) is 1.76. The van der Waals surface area contributed by atoms with Gasteiger partial charge in [0.1, 0.15) is 5.82 Å². The van der Waals surface area contributed by atoms with Crippen LogP contribution in [0.5, 0.6) is 0 Å². The highest BCUT2D eigenvalue weighted by Crippen LogP contribution is 2.24. The molecule has 2 N–H and O–H groups in total. The molecule has 1 atom stereocenters. The minimum Gasteiger partial charge on any atom is -0.363 e. The molecule has 1 aliphatic rings. The molecule has 1 aromatic carbocycles. The largest absolute Gasteiger partial charge is 0.363 e. The van der Waals surface area contributed by atoms with E-state index in [0.717, 1.165) is 37.1 Å². The maximum absolute atomic E-state index is 4.66. The Labute approximate surface area is 168 Å². The van der Waals surface area contributed by atoms with Crippen molar-refractivity contribution < 1.29 is 0 Å². The Kier molecular flexibility index (Phi) is 7.25. The maximum Gasteiger partial charge on any atom is 0.191 e. The highest BCUT2D eigenvalue weighted by Gasteiger charge is 2.23. The van der Waals surface area contributed by atoms with Gasteiger partial charge in [-0.1, -0.05) is 36.4 Å². The molecule has 1 fully saturated rings. The molecule has 1 unspecified atom stereocenters. The van der Waals surface area contributed by atoms with Crippen LogP contribution in [0, 0.1) is 0 Å². The van der Waals surface area contributed by atoms with Crippen molar-refractivity contribution in [3.8, 4) is 0 Å². The first-order valence-corrected chi connectivity index (χ1v) is 10.0. The van der Waals surface area contributed by atoms with Crippen molar-refractivity contribution in [3.63, 3.8) is 0 Å². The fourth-order valence-electron chi connectivity index (χ4n) is 3.59. The Bertz CT molecular complexity index is 753. The number of likely N-dealkylation sites (tertiary alicyclic amines) is 1. The standard InChI is InChI=1S/C22H32N6/c1-23-22(24-16-19-12-9-13-21(26-19)27(2)3)25-17-20(28-14-7-8-15-28)18-10-5-4-6-11-18/h4-6,9-13,20H,7-8,14-17H2,1-3H3,(H2,23,24,25). The summed E-state index contributed by atoms with van der Waals surface area (Å²) >= 11 is 0. The quantitative estimate of drug-likeness (QED) is 0.571. The van der Waals surface area contributed by atoms with Crippen molar-refractivity contribution in [1.82, 2.24) is 20.5 Å². The molecule has 3 rings (SSSR count). The lowest BCUT2D eigenvalue weighted by atomic mass is 10.1. The Morgan fingerprint density at radius 1 is 1.07 bits per heavy atom. The summed E-state index contributed by atoms with van der Waals surface area (Å²) in [7, 11) is 5.82. The molecule has 1 aromatic heterocycles. The molecule has 0 saturated carbocycles. The molecule has 1 aliphatic heterocycles. The highest BCUT2D eigenvalue weighted by molar-refractivity contribution is 5.79. The zero-order valence-corrected chi connectivity index (χ0v) is 17.2. The van der Waals surface area contributed by atoms with Crippen molar-refractivity contribution >= 4 is 11.8 Å². The number of nitrogens with zero attached hydrogens (tertiary/aromatic N) is 4. The molecule has 6 nitrogen and oxygen atoms in total. The third kappa shape index (κ3) is 5.45. The van der Waals surface area contributed by atoms with Gasteiger partial charge in [0, 0.05) is 27.7 Å². The van der Waals surface area contributed by atoms with Gasteiger partial charge in [-0.25, -0.2) is 4.98 Å². The lowest BCUT2D eigenvalue weighted by Crippen LogP contribution is -2.42. The number of aliphatic imine (C=N–C) groups is 1. The van der Waals surface area contributed by atoms with Crippen LogP contribution in [-0.2, 0) is 6.54 Å². The van der Waals surface area contributed by atoms with Gasteiger partial charge in [0.15, 0.2) is 5.96 Å². The van der Waals surface area contributed by atoms with Crippen molar-refractivity contribution in [1.29, 1.82) is 0 Å². The fourth-order valence-corrected chi connectivity index (χ4v) is 3.59. The van der Waals surface area contributed by atoms with E-state index in [1.807, 2.05) is 44.2 Å². The number of nitrogens with one attached hydrogen (secondary N) is 2. The van der Waals surface area contributed by atoms with Crippen LogP contribution in [0.4, 0.5) is 5.82 Å². The van der Waals surface area contributed by atoms with E-state index >= 15 is 0 Å². The fraction of sp³-hybridized carbons (Fsp3) is 0.455. The summed E-state index contributed by atoms with van der Waals surface area (Å²) in [4.78, 5) is 13.6. The van der Waals surface area contributed by atoms with Gasteiger partial charge in [-0.2, -0.15) is 0 Å². The predicted molar refractivity (Wildman–Crippen MR) is 117 cm³/mol. The second kappa shape index (κ2) is 10.1. The van der Waals surface area contributed by atoms with Gasteiger partial charge in [-0.3, -0.25) is 9.89 Å². The topological polar surface area (TPSA) is 55.8 Å². The van der Waals surface area contributed by atoms with E-state index in [-0.39, 0.29) is 0 Å². The second-order valence-corrected chi connectivity index (χ2v) is 7.36. The molecule has 2 heterocycles. The number of aromatic nitrogens is 1. The van der Waals surface area contributed by atoms with E-state index < -0.39 is 0 Å². The molecule has 2 aromatic rings. The van der Waals surface area contributed by atoms with Gasteiger partial charge in [-0.05, 0) is 43.6 Å². The molecule has 0 radical (unpaired) electrons. The first-order chi connectivity index (χ1) is 13.7. The van der Waals surface area contributed by atoms with Crippen molar-refractivity contribution in [2.24, 2.45) is 4.99 Å². The number of anilines is 1. The summed E-state index contributed by atoms with van der Waals surface area (Å²) in [6.07, 6.45) is 2.56. The number of pyridine rings is 1. The normalized spacial score (nSPS) is 16.0. The zero-order chi connectivity index (χ0) is 19.8. The van der Waals surface area contributed by atoms with Crippen LogP contribution in [0.3, 0.4) is 0 Å². The Hall–Kier alpha value is -2.60. The Balaban J connectivity index is 1.59. The Morgan fingerprint density at radius 3 is 2.50 bits per heavy atom. The van der Waals surface area contributed by atoms with Crippen molar-refractivity contribution in [3.05, 3.63) is 59.8 Å². The van der Waals surface area contributed by atoms with Crippen LogP contribution in [0.1, 0.15) is 30.1 Å². The van der Waals surface area contributed by atoms with E-state index in [4.69, 9.17) is 0 Å². The molecule has 0 spiro atoms. The van der Waals surface area contributed by atoms with Crippen LogP contribution >= 0.6 is 0 Å². The summed E-state index contributed by atoms with van der Waals surface area (Å²) in [6.45, 7) is 3.79. The minimum absolute atomic E-state index is 0.359. The molecule has 0 aliphatic carbocycles. The minimum atomic E-state index is 0.359. The highest BCUT2D eigenvalue weighted by atomic mass is 15.2. The molecular formula is C22H32N6. The lowest BCUT2D eigenvalue weighted by molar-refractivity contribution is 0.245. The molecule has 0 amide bonds. The number of hydrogen-bond acceptors (Lipinski definition) is 4. The molecule has 6 heteroatoms. The van der Waals surface area contributed by atoms with Gasteiger partial charge in [0.2, 0.25) is 0 Å². The van der Waals surface area contributed by atoms with Gasteiger partial charge in [0.05, 0.1) is 18.3 Å². The number of benzene rings is 1. The Morgan fingerprint density at radius 2 is 1.82 bits per heavy atom. The van der Waals surface area contributed by atoms with Gasteiger partial charge >= 0.3 is 0 Å². The number of rotatable bonds is 7. The van der Waals surface area contributed by atoms with Gasteiger partial charge in [-0.15, -0.1) is 0 Å². The van der Waals surface area contributed by atoms with E-state index in [0.29, 0.717) is 12.6 Å². The first-order valence-electron chi connectivity index (χ1n) is 10.0. The van der Waals surface area contributed by atoms with Crippen LogP contribution in [-0.4, -0.2) is 56.6 Å². The van der Waals surface area contributed by atoms with Crippen molar-refractivity contribution in [2.45, 2.75) is 25.4 Å². The first kappa shape index (κ1) is 20.1. The third-order valence-electron chi connectivity index (χ3n) is 5.14. The molecule has 1 saturated heterocycles. The predicted octanol–water partition coefficient (Wildman–Crippen LogP) is 2.65. The summed E-state index contributed by atoms with van der Waals surface area (Å²) < 4.78 is 0. The summed E-state index contributed by atoms with van der Waals surface area (Å²) in [5, 5.41) is 6.90. The molecule has 28 heavy (non-hydrogen) atoms. The second-order valence-electron chi connectivity index (χ2n) is 7.36. The number of hydrogen-bond donors (Lipinski definition) is 2. The summed E-state index contributed by atoms with van der Waals surface area (Å²) in [5.41, 5.74) is 2.35. The van der Waals surface area contributed by atoms with Crippen LogP contribution < -0.4 is 15.5 Å². The summed E-state index contributed by atoms with van der Waals surface area (Å²) in [6, 6.07) is 17.2. The maximum atomic E-state index is 4.66. The lowest BCUT2D eigenvalue weighted by Gasteiger charge is -2.29. The smallest absolute Gasteiger partial charge is 0.191 e. The van der Waals surface area contributed by atoms with Gasteiger partial charge in [0.25, 0.3) is 0 Å². The SMILES string of the molecule is CN=C(NCc1cccc(N(C)C)n1)NCC(c1ccccc1)N1CCCC1. The monoisotopic (exact) mass is 380 g/mol. The average molecular weight is 381 g/mol. The van der Waals surface area contributed by atoms with Crippen LogP contribution in [0.2, 0.25) is 0 Å². The van der Waals surface area contributed by atoms with E-state index in [1.165, 1.54) is 18.4 Å². The average Bonchev–Trinajstić information content (AvgIpc) is 3.26. The molecule has 150 valence electrons. The van der Waals surface area contributed by atoms with E-state index in [1.54, 1.807) is 0 Å². The zero-order valence-electron chi connectivity index (χ0n) is 17.2. The van der Waals surface area contributed by atoms with Crippen LogP contribution in [0.15, 0.2) is 53.5 Å². The van der Waals surface area contributed by atoms with Crippen molar-refractivity contribution in [2.75, 3.05) is 45.7 Å². The van der Waals surface area contributed by atoms with E-state index in [9.17, 15) is 0 Å². The van der Waals surface area contributed by atoms with Gasteiger partial charge < -0.3 is 15.5 Å². The third-order valence-corrected chi connectivity index (χ3v) is 5.14. The number of guanidine groups is 1.